The lowest BCUT2D eigenvalue weighted by Crippen LogP contribution is -2.40. The second-order valence-corrected chi connectivity index (χ2v) is 5.89. The van der Waals surface area contributed by atoms with Crippen molar-refractivity contribution < 1.29 is 9.84 Å². The molecule has 1 aliphatic carbocycles. The van der Waals surface area contributed by atoms with Gasteiger partial charge >= 0.3 is 0 Å². The summed E-state index contributed by atoms with van der Waals surface area (Å²) in [4.78, 5) is 0. The van der Waals surface area contributed by atoms with E-state index in [2.05, 4.69) is 12.2 Å². The van der Waals surface area contributed by atoms with Gasteiger partial charge in [-0.15, -0.1) is 0 Å². The third-order valence-electron chi connectivity index (χ3n) is 4.47. The van der Waals surface area contributed by atoms with Gasteiger partial charge in [0.1, 0.15) is 5.75 Å². The fourth-order valence-electron chi connectivity index (χ4n) is 2.89. The molecule has 4 nitrogen and oxygen atoms in total. The summed E-state index contributed by atoms with van der Waals surface area (Å²) in [6.45, 7) is 2.81. The number of nitrogens with two attached hydrogens (primary N) is 1. The van der Waals surface area contributed by atoms with E-state index in [1.54, 1.807) is 7.11 Å². The highest BCUT2D eigenvalue weighted by Crippen LogP contribution is 2.34. The average Bonchev–Trinajstić information content (AvgIpc) is 2.47. The third-order valence-corrected chi connectivity index (χ3v) is 4.47. The van der Waals surface area contributed by atoms with E-state index in [1.165, 1.54) is 6.42 Å². The second kappa shape index (κ2) is 6.35. The maximum atomic E-state index is 10.6. The minimum absolute atomic E-state index is 0.580. The first kappa shape index (κ1) is 15.0. The molecular formula is C16H26N2O2. The molecule has 0 heterocycles. The van der Waals surface area contributed by atoms with Crippen molar-refractivity contribution in [1.29, 1.82) is 0 Å². The largest absolute Gasteiger partial charge is 0.495 e. The van der Waals surface area contributed by atoms with Gasteiger partial charge in [-0.25, -0.2) is 0 Å². The Morgan fingerprint density at radius 3 is 2.70 bits per heavy atom. The number of hydrogen-bond acceptors (Lipinski definition) is 4. The number of ether oxygens (including phenoxy) is 1. The van der Waals surface area contributed by atoms with Crippen LogP contribution in [-0.4, -0.2) is 24.4 Å². The van der Waals surface area contributed by atoms with Crippen LogP contribution in [0.3, 0.4) is 0 Å². The summed E-state index contributed by atoms with van der Waals surface area (Å²) in [6, 6.07) is 5.61. The van der Waals surface area contributed by atoms with Gasteiger partial charge in [0.2, 0.25) is 0 Å². The molecule has 1 saturated carbocycles. The van der Waals surface area contributed by atoms with Gasteiger partial charge < -0.3 is 20.9 Å². The molecule has 0 aliphatic heterocycles. The van der Waals surface area contributed by atoms with E-state index >= 15 is 0 Å². The molecule has 112 valence electrons. The first-order valence-corrected chi connectivity index (χ1v) is 7.46. The van der Waals surface area contributed by atoms with Gasteiger partial charge in [0, 0.05) is 18.3 Å². The van der Waals surface area contributed by atoms with Gasteiger partial charge in [-0.05, 0) is 43.7 Å². The molecule has 2 rings (SSSR count). The van der Waals surface area contributed by atoms with Crippen LogP contribution in [0, 0.1) is 5.92 Å². The van der Waals surface area contributed by atoms with Crippen molar-refractivity contribution in [3.05, 3.63) is 18.2 Å². The number of aliphatic hydroxyl groups is 1. The summed E-state index contributed by atoms with van der Waals surface area (Å²) in [5.74, 6) is 1.45. The van der Waals surface area contributed by atoms with Gasteiger partial charge in [0.05, 0.1) is 18.4 Å². The van der Waals surface area contributed by atoms with Crippen LogP contribution in [0.4, 0.5) is 11.4 Å². The molecule has 1 fully saturated rings. The van der Waals surface area contributed by atoms with Crippen LogP contribution in [0.15, 0.2) is 18.2 Å². The number of rotatable bonds is 5. The van der Waals surface area contributed by atoms with Crippen molar-refractivity contribution in [1.82, 2.24) is 0 Å². The highest BCUT2D eigenvalue weighted by Gasteiger charge is 2.32. The lowest BCUT2D eigenvalue weighted by Gasteiger charge is -2.36. The van der Waals surface area contributed by atoms with Crippen molar-refractivity contribution in [2.24, 2.45) is 5.92 Å². The molecule has 1 aromatic carbocycles. The Kier molecular flexibility index (Phi) is 4.76. The van der Waals surface area contributed by atoms with Crippen LogP contribution in [0.1, 0.15) is 39.0 Å². The predicted molar refractivity (Wildman–Crippen MR) is 83.1 cm³/mol. The Morgan fingerprint density at radius 2 is 2.10 bits per heavy atom. The van der Waals surface area contributed by atoms with Crippen LogP contribution in [0.5, 0.6) is 5.75 Å². The zero-order valence-corrected chi connectivity index (χ0v) is 12.5. The molecule has 0 saturated heterocycles. The van der Waals surface area contributed by atoms with Crippen LogP contribution in [0.25, 0.3) is 0 Å². The first-order chi connectivity index (χ1) is 9.56. The zero-order valence-electron chi connectivity index (χ0n) is 12.5. The Labute approximate surface area is 121 Å². The Balaban J connectivity index is 1.91. The summed E-state index contributed by atoms with van der Waals surface area (Å²) in [5.41, 5.74) is 6.77. The monoisotopic (exact) mass is 278 g/mol. The zero-order chi connectivity index (χ0) is 14.6. The highest BCUT2D eigenvalue weighted by atomic mass is 16.5. The topological polar surface area (TPSA) is 67.5 Å². The predicted octanol–water partition coefficient (Wildman–Crippen LogP) is 3.02. The summed E-state index contributed by atoms with van der Waals surface area (Å²) >= 11 is 0. The maximum Gasteiger partial charge on any atom is 0.143 e. The van der Waals surface area contributed by atoms with E-state index in [-0.39, 0.29) is 0 Å². The SMILES string of the molecule is CCC1CCC(O)(CNc2ccc(N)c(OC)c2)CC1. The molecular weight excluding hydrogens is 252 g/mol. The lowest BCUT2D eigenvalue weighted by atomic mass is 9.78. The Hall–Kier alpha value is -1.42. The second-order valence-electron chi connectivity index (χ2n) is 5.89. The lowest BCUT2D eigenvalue weighted by molar-refractivity contribution is 0.00229. The van der Waals surface area contributed by atoms with Crippen LogP contribution >= 0.6 is 0 Å². The molecule has 1 aliphatic rings. The van der Waals surface area contributed by atoms with E-state index in [0.29, 0.717) is 18.0 Å². The smallest absolute Gasteiger partial charge is 0.143 e. The number of anilines is 2. The molecule has 0 radical (unpaired) electrons. The third kappa shape index (κ3) is 3.57. The Bertz CT molecular complexity index is 440. The molecule has 0 amide bonds. The fraction of sp³-hybridized carbons (Fsp3) is 0.625. The molecule has 1 aromatic rings. The summed E-state index contributed by atoms with van der Waals surface area (Å²) in [5, 5.41) is 13.9. The van der Waals surface area contributed by atoms with Crippen LogP contribution < -0.4 is 15.8 Å². The number of nitrogen functional groups attached to an aromatic ring is 1. The average molecular weight is 278 g/mol. The summed E-state index contributed by atoms with van der Waals surface area (Å²) < 4.78 is 5.20. The van der Waals surface area contributed by atoms with Gasteiger partial charge in [-0.1, -0.05) is 13.3 Å². The molecule has 4 heteroatoms. The number of nitrogens with one attached hydrogen (secondary N) is 1. The number of benzene rings is 1. The fourth-order valence-corrected chi connectivity index (χ4v) is 2.89. The Morgan fingerprint density at radius 1 is 1.40 bits per heavy atom. The maximum absolute atomic E-state index is 10.6. The molecule has 0 atom stereocenters. The molecule has 0 bridgehead atoms. The van der Waals surface area contributed by atoms with Crippen molar-refractivity contribution >= 4 is 11.4 Å². The van der Waals surface area contributed by atoms with Gasteiger partial charge in [0.15, 0.2) is 0 Å². The quantitative estimate of drug-likeness (QED) is 0.724. The normalized spacial score (nSPS) is 26.2. The number of methoxy groups -OCH3 is 1. The summed E-state index contributed by atoms with van der Waals surface area (Å²) in [7, 11) is 1.61. The van der Waals surface area contributed by atoms with Gasteiger partial charge in [0.25, 0.3) is 0 Å². The number of hydrogen-bond donors (Lipinski definition) is 3. The minimum Gasteiger partial charge on any atom is -0.495 e. The van der Waals surface area contributed by atoms with E-state index in [1.807, 2.05) is 18.2 Å². The molecule has 4 N–H and O–H groups in total. The van der Waals surface area contributed by atoms with E-state index in [9.17, 15) is 5.11 Å². The highest BCUT2D eigenvalue weighted by molar-refractivity contribution is 5.61. The van der Waals surface area contributed by atoms with Crippen molar-refractivity contribution in [3.63, 3.8) is 0 Å². The molecule has 0 spiro atoms. The summed E-state index contributed by atoms with van der Waals surface area (Å²) in [6.07, 6.45) is 5.23. The van der Waals surface area contributed by atoms with Gasteiger partial charge in [-0.3, -0.25) is 0 Å². The van der Waals surface area contributed by atoms with E-state index < -0.39 is 5.60 Å². The standard InChI is InChI=1S/C16H26N2O2/c1-3-12-6-8-16(19,9-7-12)11-18-13-4-5-14(17)15(10-13)20-2/h4-5,10,12,18-19H,3,6-9,11,17H2,1-2H3. The van der Waals surface area contributed by atoms with Crippen LogP contribution in [0.2, 0.25) is 0 Å². The van der Waals surface area contributed by atoms with Crippen molar-refractivity contribution in [2.75, 3.05) is 24.7 Å². The molecule has 20 heavy (non-hydrogen) atoms. The first-order valence-electron chi connectivity index (χ1n) is 7.46. The minimum atomic E-state index is -0.583. The van der Waals surface area contributed by atoms with Crippen molar-refractivity contribution in [2.45, 2.75) is 44.6 Å². The van der Waals surface area contributed by atoms with Gasteiger partial charge in [-0.2, -0.15) is 0 Å². The van der Waals surface area contributed by atoms with E-state index in [0.717, 1.165) is 37.3 Å². The molecule has 0 aromatic heterocycles. The van der Waals surface area contributed by atoms with E-state index in [4.69, 9.17) is 10.5 Å². The molecule has 0 unspecified atom stereocenters. The van der Waals surface area contributed by atoms with Crippen LogP contribution in [-0.2, 0) is 0 Å². The van der Waals surface area contributed by atoms with Crippen molar-refractivity contribution in [3.8, 4) is 5.75 Å².